The number of hydrogen-bond donors (Lipinski definition) is 0. The van der Waals surface area contributed by atoms with Crippen molar-refractivity contribution in [2.45, 2.75) is 37.8 Å². The number of likely N-dealkylation sites (tertiary alicyclic amines) is 1. The third kappa shape index (κ3) is 3.45. The molecule has 1 aliphatic carbocycles. The summed E-state index contributed by atoms with van der Waals surface area (Å²) in [5, 5.41) is 0. The lowest BCUT2D eigenvalue weighted by Crippen LogP contribution is -2.45. The van der Waals surface area contributed by atoms with Crippen LogP contribution in [0.1, 0.15) is 37.2 Å². The molecule has 2 aliphatic rings. The Kier molecular flexibility index (Phi) is 4.15. The molecule has 1 aromatic rings. The fourth-order valence-corrected chi connectivity index (χ4v) is 3.60. The van der Waals surface area contributed by atoms with E-state index in [-0.39, 0.29) is 13.1 Å². The van der Waals surface area contributed by atoms with Crippen LogP contribution in [0.3, 0.4) is 0 Å². The van der Waals surface area contributed by atoms with E-state index in [0.29, 0.717) is 30.6 Å². The van der Waals surface area contributed by atoms with Crippen LogP contribution in [-0.4, -0.2) is 30.1 Å². The van der Waals surface area contributed by atoms with E-state index in [9.17, 15) is 18.0 Å². The number of carbonyl (C=O) groups is 1. The molecule has 0 bridgehead atoms. The maximum absolute atomic E-state index is 12.4. The van der Waals surface area contributed by atoms with Crippen molar-refractivity contribution in [3.63, 3.8) is 0 Å². The molecule has 0 radical (unpaired) electrons. The zero-order valence-electron chi connectivity index (χ0n) is 12.4. The molecule has 22 heavy (non-hydrogen) atoms. The molecule has 2 fully saturated rings. The van der Waals surface area contributed by atoms with Gasteiger partial charge in [0.05, 0.1) is 0 Å². The summed E-state index contributed by atoms with van der Waals surface area (Å²) >= 11 is 0. The van der Waals surface area contributed by atoms with Gasteiger partial charge in [-0.1, -0.05) is 30.3 Å². The number of halogens is 3. The molecule has 5 heteroatoms. The zero-order valence-corrected chi connectivity index (χ0v) is 12.4. The molecule has 2 nitrogen and oxygen atoms in total. The molecule has 0 N–H and O–H groups in total. The predicted octanol–water partition coefficient (Wildman–Crippen LogP) is 3.98. The molecule has 1 saturated heterocycles. The second kappa shape index (κ2) is 5.94. The minimum Gasteiger partial charge on any atom is -0.335 e. The molecule has 0 spiro atoms. The van der Waals surface area contributed by atoms with Crippen molar-refractivity contribution in [3.8, 4) is 0 Å². The van der Waals surface area contributed by atoms with Crippen LogP contribution in [0.4, 0.5) is 13.2 Å². The fourth-order valence-electron chi connectivity index (χ4n) is 3.60. The summed E-state index contributed by atoms with van der Waals surface area (Å²) in [6, 6.07) is 10.4. The monoisotopic (exact) mass is 311 g/mol. The average molecular weight is 311 g/mol. The SMILES string of the molecule is O=C(N1CCC(C[C@@H]2C[C@H]2c2ccccc2)CC1)C(F)(F)F. The molecule has 0 unspecified atom stereocenters. The molecule has 1 aliphatic heterocycles. The highest BCUT2D eigenvalue weighted by atomic mass is 19.4. The fraction of sp³-hybridized carbons (Fsp3) is 0.588. The largest absolute Gasteiger partial charge is 0.471 e. The number of piperidine rings is 1. The Hall–Kier alpha value is -1.52. The molecular weight excluding hydrogens is 291 g/mol. The summed E-state index contributed by atoms with van der Waals surface area (Å²) < 4.78 is 37.2. The Morgan fingerprint density at radius 1 is 1.14 bits per heavy atom. The van der Waals surface area contributed by atoms with Gasteiger partial charge in [0.25, 0.3) is 0 Å². The van der Waals surface area contributed by atoms with Gasteiger partial charge in [0.15, 0.2) is 0 Å². The standard InChI is InChI=1S/C17H20F3NO/c18-17(19,20)16(22)21-8-6-12(7-9-21)10-14-11-15(14)13-4-2-1-3-5-13/h1-5,12,14-15H,6-11H2/t14-,15+/m1/s1. The van der Waals surface area contributed by atoms with E-state index in [4.69, 9.17) is 0 Å². The quantitative estimate of drug-likeness (QED) is 0.827. The third-order valence-corrected chi connectivity index (χ3v) is 4.93. The van der Waals surface area contributed by atoms with E-state index in [0.717, 1.165) is 11.3 Å². The molecule has 2 atom stereocenters. The molecule has 3 rings (SSSR count). The van der Waals surface area contributed by atoms with Gasteiger partial charge in [-0.2, -0.15) is 13.2 Å². The highest BCUT2D eigenvalue weighted by Crippen LogP contribution is 2.51. The second-order valence-corrected chi connectivity index (χ2v) is 6.48. The predicted molar refractivity (Wildman–Crippen MR) is 77.3 cm³/mol. The van der Waals surface area contributed by atoms with E-state index in [1.54, 1.807) is 0 Å². The summed E-state index contributed by atoms with van der Waals surface area (Å²) in [5.41, 5.74) is 1.37. The first-order valence-electron chi connectivity index (χ1n) is 7.86. The van der Waals surface area contributed by atoms with Crippen molar-refractivity contribution < 1.29 is 18.0 Å². The number of benzene rings is 1. The van der Waals surface area contributed by atoms with Crippen LogP contribution in [0, 0.1) is 11.8 Å². The van der Waals surface area contributed by atoms with E-state index in [1.165, 1.54) is 12.0 Å². The smallest absolute Gasteiger partial charge is 0.335 e. The minimum absolute atomic E-state index is 0.242. The van der Waals surface area contributed by atoms with Gasteiger partial charge in [0.1, 0.15) is 0 Å². The maximum Gasteiger partial charge on any atom is 0.471 e. The number of rotatable bonds is 3. The lowest BCUT2D eigenvalue weighted by molar-refractivity contribution is -0.186. The van der Waals surface area contributed by atoms with Gasteiger partial charge in [0, 0.05) is 13.1 Å². The number of hydrogen-bond acceptors (Lipinski definition) is 1. The maximum atomic E-state index is 12.4. The number of nitrogens with zero attached hydrogens (tertiary/aromatic N) is 1. The molecule has 1 amide bonds. The van der Waals surface area contributed by atoms with Gasteiger partial charge in [-0.05, 0) is 49.0 Å². The van der Waals surface area contributed by atoms with Crippen LogP contribution >= 0.6 is 0 Å². The van der Waals surface area contributed by atoms with Gasteiger partial charge in [0.2, 0.25) is 0 Å². The second-order valence-electron chi connectivity index (χ2n) is 6.48. The van der Waals surface area contributed by atoms with Gasteiger partial charge >= 0.3 is 12.1 Å². The zero-order chi connectivity index (χ0) is 15.7. The van der Waals surface area contributed by atoms with Crippen LogP contribution < -0.4 is 0 Å². The van der Waals surface area contributed by atoms with Crippen LogP contribution in [0.25, 0.3) is 0 Å². The first-order valence-corrected chi connectivity index (χ1v) is 7.86. The molecule has 1 heterocycles. The molecule has 120 valence electrons. The lowest BCUT2D eigenvalue weighted by Gasteiger charge is -2.32. The third-order valence-electron chi connectivity index (χ3n) is 4.93. The molecular formula is C17H20F3NO. The highest BCUT2D eigenvalue weighted by molar-refractivity contribution is 5.81. The van der Waals surface area contributed by atoms with Crippen molar-refractivity contribution >= 4 is 5.91 Å². The van der Waals surface area contributed by atoms with E-state index in [2.05, 4.69) is 12.1 Å². The van der Waals surface area contributed by atoms with Crippen LogP contribution in [-0.2, 0) is 4.79 Å². The first kappa shape index (κ1) is 15.4. The minimum atomic E-state index is -4.73. The van der Waals surface area contributed by atoms with Crippen molar-refractivity contribution in [3.05, 3.63) is 35.9 Å². The van der Waals surface area contributed by atoms with Crippen molar-refractivity contribution in [2.75, 3.05) is 13.1 Å². The van der Waals surface area contributed by atoms with Gasteiger partial charge < -0.3 is 4.90 Å². The van der Waals surface area contributed by atoms with Gasteiger partial charge in [-0.25, -0.2) is 0 Å². The Labute approximate surface area is 128 Å². The molecule has 1 saturated carbocycles. The van der Waals surface area contributed by atoms with Crippen molar-refractivity contribution in [2.24, 2.45) is 11.8 Å². The Bertz CT molecular complexity index is 520. The van der Waals surface area contributed by atoms with Gasteiger partial charge in [-0.3, -0.25) is 4.79 Å². The number of amides is 1. The lowest BCUT2D eigenvalue weighted by atomic mass is 9.90. The summed E-state index contributed by atoms with van der Waals surface area (Å²) in [6.07, 6.45) is -1.08. The Morgan fingerprint density at radius 3 is 2.36 bits per heavy atom. The normalized spacial score (nSPS) is 26.0. The summed E-state index contributed by atoms with van der Waals surface area (Å²) in [6.45, 7) is 0.484. The average Bonchev–Trinajstić information content (AvgIpc) is 3.26. The summed E-state index contributed by atoms with van der Waals surface area (Å²) in [5.74, 6) is 0.0591. The van der Waals surface area contributed by atoms with Crippen LogP contribution in [0.2, 0.25) is 0 Å². The van der Waals surface area contributed by atoms with Crippen LogP contribution in [0.15, 0.2) is 30.3 Å². The van der Waals surface area contributed by atoms with Crippen molar-refractivity contribution in [1.82, 2.24) is 4.90 Å². The van der Waals surface area contributed by atoms with Crippen molar-refractivity contribution in [1.29, 1.82) is 0 Å². The summed E-state index contributed by atoms with van der Waals surface area (Å²) in [4.78, 5) is 12.2. The van der Waals surface area contributed by atoms with E-state index >= 15 is 0 Å². The highest BCUT2D eigenvalue weighted by Gasteiger charge is 2.44. The molecule has 0 aromatic heterocycles. The van der Waals surface area contributed by atoms with Gasteiger partial charge in [-0.15, -0.1) is 0 Å². The molecule has 1 aromatic carbocycles. The van der Waals surface area contributed by atoms with E-state index in [1.807, 2.05) is 18.2 Å². The Balaban J connectivity index is 1.45. The van der Waals surface area contributed by atoms with Crippen LogP contribution in [0.5, 0.6) is 0 Å². The summed E-state index contributed by atoms with van der Waals surface area (Å²) in [7, 11) is 0. The number of alkyl halides is 3. The van der Waals surface area contributed by atoms with E-state index < -0.39 is 12.1 Å². The number of carbonyl (C=O) groups excluding carboxylic acids is 1. The first-order chi connectivity index (χ1) is 10.4. The Morgan fingerprint density at radius 2 is 1.77 bits per heavy atom. The topological polar surface area (TPSA) is 20.3 Å².